The van der Waals surface area contributed by atoms with E-state index in [9.17, 15) is 28.2 Å². The summed E-state index contributed by atoms with van der Waals surface area (Å²) in [6.07, 6.45) is 11.2. The van der Waals surface area contributed by atoms with Gasteiger partial charge in [-0.3, -0.25) is 14.5 Å². The first kappa shape index (κ1) is 42.1. The molecule has 1 aliphatic heterocycles. The van der Waals surface area contributed by atoms with E-state index in [2.05, 4.69) is 58.3 Å². The highest BCUT2D eigenvalue weighted by Crippen LogP contribution is 2.76. The Morgan fingerprint density at radius 3 is 2.20 bits per heavy atom. The third kappa shape index (κ3) is 6.95. The molecule has 0 radical (unpaired) electrons. The van der Waals surface area contributed by atoms with Crippen molar-refractivity contribution in [2.45, 2.75) is 163 Å². The van der Waals surface area contributed by atoms with E-state index in [1.807, 2.05) is 6.92 Å². The molecule has 0 bridgehead atoms. The Kier molecular flexibility index (Phi) is 11.2. The summed E-state index contributed by atoms with van der Waals surface area (Å²) in [7, 11) is -2.98. The van der Waals surface area contributed by atoms with Gasteiger partial charge in [-0.05, 0) is 151 Å². The third-order valence-electron chi connectivity index (χ3n) is 17.8. The number of ether oxygens (including phenoxy) is 1. The number of rotatable bonds is 11. The normalized spacial score (nSPS) is 42.7. The molecule has 0 aromatic rings. The number of carbonyl (C=O) groups excluding carboxylic acids is 1. The Morgan fingerprint density at radius 2 is 1.59 bits per heavy atom. The van der Waals surface area contributed by atoms with Crippen LogP contribution in [0.15, 0.2) is 12.2 Å². The SMILES string of the molecule is C=C(C)[C@@H]1CC[C@]2(NCCC(C(C)O)N3CCS(=O)(=O)CC3)CC[C@]3(C)[C@H](CC[C@@H]4[C@@]5(C)CC[C@H](OC(=O)CC(C)(C)C(=O)O)C(C)(C)[C@@H]5CC[C@]43C)[C@@H]12. The van der Waals surface area contributed by atoms with Crippen molar-refractivity contribution in [1.82, 2.24) is 10.2 Å². The van der Waals surface area contributed by atoms with Crippen molar-refractivity contribution >= 4 is 21.8 Å². The van der Waals surface area contributed by atoms with Crippen LogP contribution in [-0.4, -0.2) is 90.4 Å². The van der Waals surface area contributed by atoms with E-state index in [1.54, 1.807) is 13.8 Å². The van der Waals surface area contributed by atoms with Gasteiger partial charge in [-0.2, -0.15) is 0 Å². The predicted octanol–water partition coefficient (Wildman–Crippen LogP) is 7.27. The number of esters is 1. The first-order chi connectivity index (χ1) is 24.9. The van der Waals surface area contributed by atoms with Crippen LogP contribution >= 0.6 is 0 Å². The lowest BCUT2D eigenvalue weighted by Gasteiger charge is -2.73. The Bertz CT molecular complexity index is 1560. The van der Waals surface area contributed by atoms with Crippen LogP contribution in [0.3, 0.4) is 0 Å². The molecule has 10 heteroatoms. The topological polar surface area (TPSA) is 133 Å². The molecular weight excluding hydrogens is 701 g/mol. The molecule has 5 aliphatic carbocycles. The second kappa shape index (κ2) is 14.4. The van der Waals surface area contributed by atoms with E-state index in [-0.39, 0.29) is 57.3 Å². The maximum Gasteiger partial charge on any atom is 0.309 e. The highest BCUT2D eigenvalue weighted by Gasteiger charge is 2.71. The number of aliphatic carboxylic acids is 1. The van der Waals surface area contributed by atoms with Gasteiger partial charge in [-0.15, -0.1) is 0 Å². The van der Waals surface area contributed by atoms with Crippen molar-refractivity contribution in [3.63, 3.8) is 0 Å². The van der Waals surface area contributed by atoms with Crippen LogP contribution in [0.1, 0.15) is 139 Å². The van der Waals surface area contributed by atoms with Gasteiger partial charge in [0.1, 0.15) is 6.10 Å². The zero-order chi connectivity index (χ0) is 39.9. The first-order valence-corrected chi connectivity index (χ1v) is 23.2. The number of fused-ring (bicyclic) bond motifs is 7. The predicted molar refractivity (Wildman–Crippen MR) is 213 cm³/mol. The summed E-state index contributed by atoms with van der Waals surface area (Å²) in [6.45, 7) is 26.1. The lowest BCUT2D eigenvalue weighted by molar-refractivity contribution is -0.246. The molecule has 2 unspecified atom stereocenters. The molecule has 3 N–H and O–H groups in total. The number of allylic oxidation sites excluding steroid dienone is 1. The number of nitrogens with one attached hydrogen (secondary N) is 1. The number of sulfone groups is 1. The van der Waals surface area contributed by atoms with Crippen LogP contribution in [0.4, 0.5) is 0 Å². The van der Waals surface area contributed by atoms with E-state index in [1.165, 1.54) is 37.7 Å². The van der Waals surface area contributed by atoms with Crippen LogP contribution in [0.5, 0.6) is 0 Å². The minimum absolute atomic E-state index is 0.0473. The summed E-state index contributed by atoms with van der Waals surface area (Å²) < 4.78 is 30.5. The average molecular weight is 775 g/mol. The Morgan fingerprint density at radius 1 is 0.926 bits per heavy atom. The monoisotopic (exact) mass is 775 g/mol. The quantitative estimate of drug-likeness (QED) is 0.147. The number of aliphatic hydroxyl groups is 1. The first-order valence-electron chi connectivity index (χ1n) is 21.4. The minimum atomic E-state index is -2.98. The zero-order valence-corrected chi connectivity index (χ0v) is 36.0. The number of hydrogen-bond donors (Lipinski definition) is 3. The second-order valence-corrected chi connectivity index (χ2v) is 23.6. The largest absolute Gasteiger partial charge is 0.481 e. The smallest absolute Gasteiger partial charge is 0.309 e. The van der Waals surface area contributed by atoms with Crippen LogP contribution < -0.4 is 5.32 Å². The van der Waals surface area contributed by atoms with Crippen LogP contribution in [0.2, 0.25) is 0 Å². The van der Waals surface area contributed by atoms with Gasteiger partial charge in [0.05, 0.1) is 29.4 Å². The fraction of sp³-hybridized carbons (Fsp3) is 0.909. The van der Waals surface area contributed by atoms with Gasteiger partial charge in [-0.1, -0.05) is 46.8 Å². The van der Waals surface area contributed by atoms with Gasteiger partial charge in [0.25, 0.3) is 0 Å². The van der Waals surface area contributed by atoms with E-state index < -0.39 is 33.3 Å². The van der Waals surface area contributed by atoms with Gasteiger partial charge >= 0.3 is 11.9 Å². The number of carbonyl (C=O) groups is 2. The van der Waals surface area contributed by atoms with Gasteiger partial charge < -0.3 is 20.3 Å². The molecule has 12 atom stereocenters. The molecule has 9 nitrogen and oxygen atoms in total. The van der Waals surface area contributed by atoms with Crippen LogP contribution in [0.25, 0.3) is 0 Å². The highest BCUT2D eigenvalue weighted by molar-refractivity contribution is 7.91. The highest BCUT2D eigenvalue weighted by atomic mass is 32.2. The maximum atomic E-state index is 13.1. The average Bonchev–Trinajstić information content (AvgIpc) is 3.45. The molecule has 1 heterocycles. The number of hydrogen-bond acceptors (Lipinski definition) is 8. The standard InChI is InChI=1S/C44H74N2O7S/c1-28(2)30-13-19-44(45-22-16-32(29(3)47)46-23-25-54(51,52)26-24-46)21-20-42(9)31(37(30)44)11-12-34-41(8)17-15-35(53-36(48)27-39(4,5)38(49)50)40(6,7)33(41)14-18-43(34,42)10/h29-35,37,45,47H,1,11-27H2,2-10H3,(H,49,50)/t29?,30-,31+,32?,33-,34+,35-,37+,41-,42+,43+,44-/m0/s1. The van der Waals surface area contributed by atoms with Crippen molar-refractivity contribution in [2.75, 3.05) is 31.1 Å². The van der Waals surface area contributed by atoms with Crippen molar-refractivity contribution in [3.05, 3.63) is 12.2 Å². The molecule has 6 fully saturated rings. The van der Waals surface area contributed by atoms with Crippen LogP contribution in [-0.2, 0) is 24.2 Å². The Hall–Kier alpha value is -1.49. The molecule has 5 saturated carbocycles. The summed E-state index contributed by atoms with van der Waals surface area (Å²) in [4.78, 5) is 27.1. The molecule has 6 rings (SSSR count). The van der Waals surface area contributed by atoms with Crippen molar-refractivity contribution in [3.8, 4) is 0 Å². The number of aliphatic hydroxyl groups excluding tert-OH is 1. The summed E-state index contributed by atoms with van der Waals surface area (Å²) in [6, 6.07) is -0.0558. The summed E-state index contributed by atoms with van der Waals surface area (Å²) >= 11 is 0. The minimum Gasteiger partial charge on any atom is -0.481 e. The molecular formula is C44H74N2O7S. The number of carboxylic acids is 1. The zero-order valence-electron chi connectivity index (χ0n) is 35.1. The van der Waals surface area contributed by atoms with E-state index in [0.717, 1.165) is 45.1 Å². The van der Waals surface area contributed by atoms with Gasteiger partial charge in [0, 0.05) is 30.1 Å². The summed E-state index contributed by atoms with van der Waals surface area (Å²) in [5.41, 5.74) is 0.514. The Labute approximate surface area is 327 Å². The maximum absolute atomic E-state index is 13.1. The number of carboxylic acid groups (broad SMARTS) is 1. The lowest BCUT2D eigenvalue weighted by atomic mass is 9.32. The molecule has 0 spiro atoms. The van der Waals surface area contributed by atoms with E-state index in [0.29, 0.717) is 42.7 Å². The molecule has 0 aromatic heterocycles. The molecule has 0 amide bonds. The van der Waals surface area contributed by atoms with Crippen molar-refractivity contribution < 1.29 is 33.0 Å². The van der Waals surface area contributed by atoms with Gasteiger partial charge in [-0.25, -0.2) is 8.42 Å². The molecule has 1 saturated heterocycles. The van der Waals surface area contributed by atoms with Gasteiger partial charge in [0.15, 0.2) is 9.84 Å². The fourth-order valence-corrected chi connectivity index (χ4v) is 15.8. The Balaban J connectivity index is 1.20. The van der Waals surface area contributed by atoms with E-state index >= 15 is 0 Å². The number of nitrogens with zero attached hydrogens (tertiary/aromatic N) is 1. The molecule has 6 aliphatic rings. The summed E-state index contributed by atoms with van der Waals surface area (Å²) in [5.74, 6) is 1.57. The van der Waals surface area contributed by atoms with Crippen molar-refractivity contribution in [2.24, 2.45) is 56.7 Å². The molecule has 308 valence electrons. The van der Waals surface area contributed by atoms with Gasteiger partial charge in [0.2, 0.25) is 0 Å². The lowest BCUT2D eigenvalue weighted by Crippen LogP contribution is -2.69. The molecule has 0 aromatic carbocycles. The van der Waals surface area contributed by atoms with Crippen molar-refractivity contribution in [1.29, 1.82) is 0 Å². The van der Waals surface area contributed by atoms with Crippen LogP contribution in [0, 0.1) is 56.7 Å². The summed E-state index contributed by atoms with van der Waals surface area (Å²) in [5, 5.41) is 24.6. The van der Waals surface area contributed by atoms with E-state index in [4.69, 9.17) is 4.74 Å². The fourth-order valence-electron chi connectivity index (χ4n) is 14.5. The molecule has 54 heavy (non-hydrogen) atoms. The third-order valence-corrected chi connectivity index (χ3v) is 19.4. The second-order valence-electron chi connectivity index (χ2n) is 21.3.